The maximum atomic E-state index is 3.50. The van der Waals surface area contributed by atoms with Crippen LogP contribution in [0.2, 0.25) is 0 Å². The van der Waals surface area contributed by atoms with Crippen LogP contribution in [0.5, 0.6) is 0 Å². The summed E-state index contributed by atoms with van der Waals surface area (Å²) in [7, 11) is 0. The van der Waals surface area contributed by atoms with Gasteiger partial charge < -0.3 is 5.32 Å². The highest BCUT2D eigenvalue weighted by molar-refractivity contribution is 8.00. The Labute approximate surface area is 134 Å². The van der Waals surface area contributed by atoms with Gasteiger partial charge in [0.05, 0.1) is 0 Å². The molecule has 1 aromatic carbocycles. The smallest absolute Gasteiger partial charge is 0.0234 e. The lowest BCUT2D eigenvalue weighted by Gasteiger charge is -2.37. The second-order valence-electron chi connectivity index (χ2n) is 7.16. The Hall–Kier alpha value is -0.510. The van der Waals surface area contributed by atoms with Crippen molar-refractivity contribution in [2.24, 2.45) is 5.92 Å². The number of nitrogens with zero attached hydrogens (tertiary/aromatic N) is 1. The van der Waals surface area contributed by atoms with Crippen molar-refractivity contribution in [2.75, 3.05) is 25.4 Å². The van der Waals surface area contributed by atoms with Crippen LogP contribution < -0.4 is 5.32 Å². The predicted molar refractivity (Wildman–Crippen MR) is 94.8 cm³/mol. The monoisotopic (exact) mass is 306 g/mol. The van der Waals surface area contributed by atoms with Gasteiger partial charge in [-0.05, 0) is 37.4 Å². The second-order valence-corrected chi connectivity index (χ2v) is 8.96. The van der Waals surface area contributed by atoms with E-state index in [1.165, 1.54) is 30.0 Å². The van der Waals surface area contributed by atoms with E-state index in [-0.39, 0.29) is 0 Å². The van der Waals surface area contributed by atoms with Gasteiger partial charge in [0.2, 0.25) is 0 Å². The number of benzene rings is 1. The molecule has 21 heavy (non-hydrogen) atoms. The summed E-state index contributed by atoms with van der Waals surface area (Å²) in [6.07, 6.45) is 0. The molecule has 0 spiro atoms. The third-order valence-electron chi connectivity index (χ3n) is 3.82. The van der Waals surface area contributed by atoms with Crippen molar-refractivity contribution in [2.45, 2.75) is 45.5 Å². The molecule has 3 heteroatoms. The first kappa shape index (κ1) is 16.9. The average molecular weight is 307 g/mol. The molecule has 1 aliphatic rings. The lowest BCUT2D eigenvalue weighted by molar-refractivity contribution is 0.252. The summed E-state index contributed by atoms with van der Waals surface area (Å²) in [5.41, 5.74) is 2.82. The van der Waals surface area contributed by atoms with E-state index in [4.69, 9.17) is 0 Å². The van der Waals surface area contributed by atoms with Gasteiger partial charge >= 0.3 is 0 Å². The third-order valence-corrected chi connectivity index (χ3v) is 5.11. The fourth-order valence-corrected chi connectivity index (χ4v) is 3.95. The molecule has 2 nitrogen and oxygen atoms in total. The van der Waals surface area contributed by atoms with Gasteiger partial charge in [-0.3, -0.25) is 4.90 Å². The van der Waals surface area contributed by atoms with Crippen molar-refractivity contribution in [1.82, 2.24) is 10.2 Å². The molecular weight excluding hydrogens is 276 g/mol. The molecule has 0 atom stereocenters. The highest BCUT2D eigenvalue weighted by Gasteiger charge is 2.26. The van der Waals surface area contributed by atoms with Gasteiger partial charge in [0.25, 0.3) is 0 Å². The van der Waals surface area contributed by atoms with Gasteiger partial charge in [0.1, 0.15) is 0 Å². The van der Waals surface area contributed by atoms with E-state index in [1.807, 2.05) is 0 Å². The molecule has 0 aromatic heterocycles. The fourth-order valence-electron chi connectivity index (χ4n) is 2.78. The molecule has 1 aliphatic heterocycles. The molecule has 1 saturated heterocycles. The molecule has 2 rings (SSSR count). The van der Waals surface area contributed by atoms with Gasteiger partial charge in [0.15, 0.2) is 0 Å². The Morgan fingerprint density at radius 1 is 1.19 bits per heavy atom. The van der Waals surface area contributed by atoms with E-state index in [9.17, 15) is 0 Å². The van der Waals surface area contributed by atoms with E-state index < -0.39 is 0 Å². The summed E-state index contributed by atoms with van der Waals surface area (Å²) in [6, 6.07) is 9.13. The summed E-state index contributed by atoms with van der Waals surface area (Å²) >= 11 is 2.10. The van der Waals surface area contributed by atoms with Crippen LogP contribution in [0.3, 0.4) is 0 Å². The molecule has 1 aromatic rings. The maximum Gasteiger partial charge on any atom is 0.0234 e. The standard InChI is InChI=1S/C18H30N2S/c1-15(2)11-19-12-16-5-7-17(8-6-16)13-20-9-10-21-18(3,4)14-20/h5-8,15,19H,9-14H2,1-4H3. The molecule has 0 bridgehead atoms. The molecular formula is C18H30N2S. The molecule has 1 heterocycles. The molecule has 0 aliphatic carbocycles. The fraction of sp³-hybridized carbons (Fsp3) is 0.667. The van der Waals surface area contributed by atoms with E-state index in [1.54, 1.807) is 0 Å². The van der Waals surface area contributed by atoms with Crippen LogP contribution in [-0.2, 0) is 13.1 Å². The summed E-state index contributed by atoms with van der Waals surface area (Å²) in [5.74, 6) is 1.97. The normalized spacial score (nSPS) is 19.1. The van der Waals surface area contributed by atoms with Crippen LogP contribution in [0.25, 0.3) is 0 Å². The second kappa shape index (κ2) is 7.66. The van der Waals surface area contributed by atoms with Crippen molar-refractivity contribution >= 4 is 11.8 Å². The molecule has 0 saturated carbocycles. The first-order chi connectivity index (χ1) is 9.94. The van der Waals surface area contributed by atoms with E-state index in [2.05, 4.69) is 73.9 Å². The average Bonchev–Trinajstić information content (AvgIpc) is 2.39. The molecule has 118 valence electrons. The van der Waals surface area contributed by atoms with E-state index >= 15 is 0 Å². The Morgan fingerprint density at radius 2 is 1.86 bits per heavy atom. The number of rotatable bonds is 6. The Morgan fingerprint density at radius 3 is 2.48 bits per heavy atom. The minimum atomic E-state index is 0.402. The van der Waals surface area contributed by atoms with E-state index in [0.29, 0.717) is 10.7 Å². The summed E-state index contributed by atoms with van der Waals surface area (Å²) in [5, 5.41) is 3.50. The largest absolute Gasteiger partial charge is 0.312 e. The number of nitrogens with one attached hydrogen (secondary N) is 1. The molecule has 0 radical (unpaired) electrons. The summed E-state index contributed by atoms with van der Waals surface area (Å²) in [4.78, 5) is 2.59. The number of hydrogen-bond donors (Lipinski definition) is 1. The zero-order valence-electron chi connectivity index (χ0n) is 14.0. The van der Waals surface area contributed by atoms with Crippen LogP contribution in [0.4, 0.5) is 0 Å². The van der Waals surface area contributed by atoms with Crippen molar-refractivity contribution in [3.63, 3.8) is 0 Å². The van der Waals surface area contributed by atoms with E-state index in [0.717, 1.165) is 19.6 Å². The van der Waals surface area contributed by atoms with Crippen LogP contribution in [0.1, 0.15) is 38.8 Å². The zero-order valence-corrected chi connectivity index (χ0v) is 14.8. The SMILES string of the molecule is CC(C)CNCc1ccc(CN2CCSC(C)(C)C2)cc1. The van der Waals surface area contributed by atoms with Crippen molar-refractivity contribution in [3.05, 3.63) is 35.4 Å². The van der Waals surface area contributed by atoms with Crippen LogP contribution >= 0.6 is 11.8 Å². The lowest BCUT2D eigenvalue weighted by Crippen LogP contribution is -2.42. The Bertz CT molecular complexity index is 425. The third kappa shape index (κ3) is 6.01. The van der Waals surface area contributed by atoms with Crippen LogP contribution in [0.15, 0.2) is 24.3 Å². The Balaban J connectivity index is 1.82. The highest BCUT2D eigenvalue weighted by Crippen LogP contribution is 2.30. The first-order valence-electron chi connectivity index (χ1n) is 8.09. The van der Waals surface area contributed by atoms with Gasteiger partial charge in [-0.1, -0.05) is 38.1 Å². The number of thioether (sulfide) groups is 1. The molecule has 1 fully saturated rings. The summed E-state index contributed by atoms with van der Waals surface area (Å²) in [6.45, 7) is 14.8. The minimum absolute atomic E-state index is 0.402. The Kier molecular flexibility index (Phi) is 6.15. The minimum Gasteiger partial charge on any atom is -0.312 e. The summed E-state index contributed by atoms with van der Waals surface area (Å²) < 4.78 is 0.402. The van der Waals surface area contributed by atoms with Gasteiger partial charge in [-0.2, -0.15) is 11.8 Å². The topological polar surface area (TPSA) is 15.3 Å². The van der Waals surface area contributed by atoms with Crippen molar-refractivity contribution in [3.8, 4) is 0 Å². The van der Waals surface area contributed by atoms with Gasteiger partial charge in [-0.25, -0.2) is 0 Å². The van der Waals surface area contributed by atoms with Gasteiger partial charge in [-0.15, -0.1) is 0 Å². The molecule has 0 amide bonds. The van der Waals surface area contributed by atoms with Crippen LogP contribution in [0, 0.1) is 5.92 Å². The molecule has 0 unspecified atom stereocenters. The quantitative estimate of drug-likeness (QED) is 0.861. The lowest BCUT2D eigenvalue weighted by atomic mass is 10.1. The zero-order chi connectivity index (χ0) is 15.3. The van der Waals surface area contributed by atoms with Gasteiger partial charge in [0, 0.05) is 36.7 Å². The number of hydrogen-bond acceptors (Lipinski definition) is 3. The van der Waals surface area contributed by atoms with Crippen molar-refractivity contribution in [1.29, 1.82) is 0 Å². The molecule has 1 N–H and O–H groups in total. The van der Waals surface area contributed by atoms with Crippen LogP contribution in [-0.4, -0.2) is 35.0 Å². The predicted octanol–water partition coefficient (Wildman–Crippen LogP) is 3.76. The first-order valence-corrected chi connectivity index (χ1v) is 9.08. The maximum absolute atomic E-state index is 3.50. The highest BCUT2D eigenvalue weighted by atomic mass is 32.2. The van der Waals surface area contributed by atoms with Crippen molar-refractivity contribution < 1.29 is 0 Å².